The molecule has 0 aromatic heterocycles. The van der Waals surface area contributed by atoms with Crippen molar-refractivity contribution in [2.24, 2.45) is 10.9 Å². The summed E-state index contributed by atoms with van der Waals surface area (Å²) in [6.07, 6.45) is 2.06. The van der Waals surface area contributed by atoms with E-state index in [1.165, 1.54) is 12.0 Å². The van der Waals surface area contributed by atoms with Crippen molar-refractivity contribution in [3.63, 3.8) is 0 Å². The van der Waals surface area contributed by atoms with Crippen molar-refractivity contribution in [2.75, 3.05) is 26.7 Å². The first-order valence-electron chi connectivity index (χ1n) is 10.1. The minimum atomic E-state index is -0.0536. The van der Waals surface area contributed by atoms with Gasteiger partial charge in [0.05, 0.1) is 0 Å². The van der Waals surface area contributed by atoms with E-state index < -0.39 is 0 Å². The van der Waals surface area contributed by atoms with Gasteiger partial charge >= 0.3 is 0 Å². The van der Waals surface area contributed by atoms with Crippen molar-refractivity contribution >= 4 is 35.8 Å². The Morgan fingerprint density at radius 1 is 1.10 bits per heavy atom. The van der Waals surface area contributed by atoms with Crippen molar-refractivity contribution < 1.29 is 4.79 Å². The van der Waals surface area contributed by atoms with E-state index in [1.807, 2.05) is 24.3 Å². The number of guanidine groups is 1. The van der Waals surface area contributed by atoms with Gasteiger partial charge < -0.3 is 16.0 Å². The summed E-state index contributed by atoms with van der Waals surface area (Å²) < 4.78 is 0. The lowest BCUT2D eigenvalue weighted by Gasteiger charge is -2.12. The molecule has 2 aromatic rings. The topological polar surface area (TPSA) is 65.5 Å². The summed E-state index contributed by atoms with van der Waals surface area (Å²) in [6.45, 7) is 4.54. The highest BCUT2D eigenvalue weighted by Crippen LogP contribution is 2.47. The van der Waals surface area contributed by atoms with Gasteiger partial charge in [-0.1, -0.05) is 42.5 Å². The summed E-state index contributed by atoms with van der Waals surface area (Å²) >= 11 is 0. The molecule has 5 nitrogen and oxygen atoms in total. The molecule has 6 heteroatoms. The predicted octanol–water partition coefficient (Wildman–Crippen LogP) is 3.57. The number of carbonyl (C=O) groups is 1. The van der Waals surface area contributed by atoms with E-state index in [-0.39, 0.29) is 29.9 Å². The first kappa shape index (κ1) is 23.2. The zero-order valence-corrected chi connectivity index (χ0v) is 19.5. The lowest BCUT2D eigenvalue weighted by molar-refractivity contribution is 0.0963. The molecule has 0 heterocycles. The molecule has 0 bridgehead atoms. The molecule has 3 rings (SSSR count). The van der Waals surface area contributed by atoms with Gasteiger partial charge in [-0.25, -0.2) is 0 Å². The molecule has 1 aliphatic carbocycles. The van der Waals surface area contributed by atoms with Gasteiger partial charge in [0.25, 0.3) is 5.91 Å². The lowest BCUT2D eigenvalue weighted by atomic mass is 10.1. The SMILES string of the molecule is CCNC(=NCC1CC1c1ccccc1)NCCc1cccc(C(=O)NC)c1.I. The molecule has 2 atom stereocenters. The van der Waals surface area contributed by atoms with Crippen LogP contribution in [0.1, 0.15) is 40.7 Å². The molecule has 1 amide bonds. The minimum absolute atomic E-state index is 0. The van der Waals surface area contributed by atoms with Crippen LogP contribution in [0, 0.1) is 5.92 Å². The van der Waals surface area contributed by atoms with Crippen molar-refractivity contribution in [3.05, 3.63) is 71.3 Å². The molecule has 0 spiro atoms. The van der Waals surface area contributed by atoms with Crippen LogP contribution in [-0.2, 0) is 6.42 Å². The smallest absolute Gasteiger partial charge is 0.251 e. The first-order valence-corrected chi connectivity index (χ1v) is 10.1. The van der Waals surface area contributed by atoms with Gasteiger partial charge in [0.1, 0.15) is 0 Å². The Morgan fingerprint density at radius 2 is 1.90 bits per heavy atom. The van der Waals surface area contributed by atoms with Crippen molar-refractivity contribution in [1.29, 1.82) is 0 Å². The van der Waals surface area contributed by atoms with E-state index in [0.717, 1.165) is 37.6 Å². The summed E-state index contributed by atoms with van der Waals surface area (Å²) in [5, 5.41) is 9.39. The molecule has 1 saturated carbocycles. The Morgan fingerprint density at radius 3 is 2.62 bits per heavy atom. The number of rotatable bonds is 8. The van der Waals surface area contributed by atoms with Crippen LogP contribution >= 0.6 is 24.0 Å². The number of nitrogens with one attached hydrogen (secondary N) is 3. The number of amides is 1. The molecular formula is C23H31IN4O. The Kier molecular flexibility index (Phi) is 9.44. The van der Waals surface area contributed by atoms with E-state index in [4.69, 9.17) is 4.99 Å². The number of halogens is 1. The molecule has 156 valence electrons. The fourth-order valence-corrected chi connectivity index (χ4v) is 3.45. The van der Waals surface area contributed by atoms with Crippen LogP contribution in [-0.4, -0.2) is 38.5 Å². The summed E-state index contributed by atoms with van der Waals surface area (Å²) in [5.41, 5.74) is 3.26. The number of benzene rings is 2. The normalized spacial score (nSPS) is 17.8. The second-order valence-corrected chi connectivity index (χ2v) is 7.19. The average Bonchev–Trinajstić information content (AvgIpc) is 3.52. The number of nitrogens with zero attached hydrogens (tertiary/aromatic N) is 1. The average molecular weight is 506 g/mol. The lowest BCUT2D eigenvalue weighted by Crippen LogP contribution is -2.38. The van der Waals surface area contributed by atoms with E-state index in [1.54, 1.807) is 7.05 Å². The van der Waals surface area contributed by atoms with Crippen molar-refractivity contribution in [3.8, 4) is 0 Å². The second kappa shape index (κ2) is 11.8. The standard InChI is InChI=1S/C23H30N4O.HI/c1-3-25-23(27-16-20-15-21(20)18-9-5-4-6-10-18)26-13-12-17-8-7-11-19(14-17)22(28)24-2;/h4-11,14,20-21H,3,12-13,15-16H2,1-2H3,(H,24,28)(H2,25,26,27);1H. The van der Waals surface area contributed by atoms with E-state index >= 15 is 0 Å². The molecule has 1 fully saturated rings. The summed E-state index contributed by atoms with van der Waals surface area (Å²) in [6, 6.07) is 18.5. The van der Waals surface area contributed by atoms with E-state index in [2.05, 4.69) is 53.2 Å². The highest BCUT2D eigenvalue weighted by atomic mass is 127. The van der Waals surface area contributed by atoms with Gasteiger partial charge in [0.2, 0.25) is 0 Å². The van der Waals surface area contributed by atoms with Crippen LogP contribution in [0.2, 0.25) is 0 Å². The molecule has 3 N–H and O–H groups in total. The minimum Gasteiger partial charge on any atom is -0.357 e. The fraction of sp³-hybridized carbons (Fsp3) is 0.391. The van der Waals surface area contributed by atoms with E-state index in [0.29, 0.717) is 17.4 Å². The first-order chi connectivity index (χ1) is 13.7. The molecule has 29 heavy (non-hydrogen) atoms. The third-order valence-electron chi connectivity index (χ3n) is 5.10. The fourth-order valence-electron chi connectivity index (χ4n) is 3.45. The zero-order valence-electron chi connectivity index (χ0n) is 17.2. The van der Waals surface area contributed by atoms with Crippen LogP contribution in [0.25, 0.3) is 0 Å². The Balaban J connectivity index is 0.00000300. The highest BCUT2D eigenvalue weighted by Gasteiger charge is 2.37. The van der Waals surface area contributed by atoms with E-state index in [9.17, 15) is 4.79 Å². The second-order valence-electron chi connectivity index (χ2n) is 7.19. The molecular weight excluding hydrogens is 475 g/mol. The Bertz CT molecular complexity index is 810. The maximum Gasteiger partial charge on any atom is 0.251 e. The Labute approximate surface area is 190 Å². The van der Waals surface area contributed by atoms with Crippen LogP contribution in [0.4, 0.5) is 0 Å². The summed E-state index contributed by atoms with van der Waals surface area (Å²) in [7, 11) is 1.65. The quantitative estimate of drug-likeness (QED) is 0.292. The highest BCUT2D eigenvalue weighted by molar-refractivity contribution is 14.0. The summed E-state index contributed by atoms with van der Waals surface area (Å²) in [5.74, 6) is 2.10. The molecule has 0 saturated heterocycles. The van der Waals surface area contributed by atoms with Gasteiger partial charge in [-0.15, -0.1) is 24.0 Å². The number of aliphatic imine (C=N–C) groups is 1. The molecule has 0 aliphatic heterocycles. The maximum absolute atomic E-state index is 11.8. The maximum atomic E-state index is 11.8. The zero-order chi connectivity index (χ0) is 19.8. The van der Waals surface area contributed by atoms with Crippen molar-refractivity contribution in [2.45, 2.75) is 25.7 Å². The van der Waals surface area contributed by atoms with Gasteiger partial charge in [0.15, 0.2) is 5.96 Å². The number of carbonyl (C=O) groups excluding carboxylic acids is 1. The van der Waals surface area contributed by atoms with Crippen molar-refractivity contribution in [1.82, 2.24) is 16.0 Å². The van der Waals surface area contributed by atoms with Crippen LogP contribution in [0.15, 0.2) is 59.6 Å². The number of hydrogen-bond donors (Lipinski definition) is 3. The van der Waals surface area contributed by atoms with Crippen LogP contribution in [0.3, 0.4) is 0 Å². The van der Waals surface area contributed by atoms with Crippen LogP contribution < -0.4 is 16.0 Å². The molecule has 2 unspecified atom stereocenters. The number of hydrogen-bond acceptors (Lipinski definition) is 2. The Hall–Kier alpha value is -2.09. The monoisotopic (exact) mass is 506 g/mol. The molecule has 1 aliphatic rings. The van der Waals surface area contributed by atoms with Gasteiger partial charge in [0, 0.05) is 32.2 Å². The molecule has 0 radical (unpaired) electrons. The third kappa shape index (κ3) is 7.03. The predicted molar refractivity (Wildman–Crippen MR) is 130 cm³/mol. The summed E-state index contributed by atoms with van der Waals surface area (Å²) in [4.78, 5) is 16.5. The van der Waals surface area contributed by atoms with Crippen LogP contribution in [0.5, 0.6) is 0 Å². The van der Waals surface area contributed by atoms with Gasteiger partial charge in [-0.05, 0) is 54.9 Å². The van der Waals surface area contributed by atoms with Gasteiger partial charge in [-0.2, -0.15) is 0 Å². The largest absolute Gasteiger partial charge is 0.357 e. The molecule has 2 aromatic carbocycles. The third-order valence-corrected chi connectivity index (χ3v) is 5.10. The van der Waals surface area contributed by atoms with Gasteiger partial charge in [-0.3, -0.25) is 9.79 Å².